The Morgan fingerprint density at radius 3 is 2.81 bits per heavy atom. The van der Waals surface area contributed by atoms with Crippen molar-refractivity contribution in [2.24, 2.45) is 9.50 Å². The Labute approximate surface area is 187 Å². The summed E-state index contributed by atoms with van der Waals surface area (Å²) in [7, 11) is -2.26. The van der Waals surface area contributed by atoms with Crippen molar-refractivity contribution in [3.8, 4) is 11.5 Å². The van der Waals surface area contributed by atoms with Crippen molar-refractivity contribution < 1.29 is 23.0 Å². The average Bonchev–Trinajstić information content (AvgIpc) is 3.04. The molecule has 0 bridgehead atoms. The minimum atomic E-state index is -3.74. The standard InChI is InChI=1S/C22H26N4O5S/c1-15-3-6-21-17(11-15)22(25-32(21,28)29)18(14-26-7-9-31-10-8-26)24-23-13-16-4-5-19(27)20(12-16)30-2/h3-6,11-13,18,24,27H,7-10,14H2,1-2H3/b23-13+. The van der Waals surface area contributed by atoms with Gasteiger partial charge < -0.3 is 14.6 Å². The van der Waals surface area contributed by atoms with Gasteiger partial charge in [-0.05, 0) is 42.8 Å². The largest absolute Gasteiger partial charge is 0.504 e. The van der Waals surface area contributed by atoms with Crippen LogP contribution in [0.15, 0.2) is 50.8 Å². The molecule has 1 fully saturated rings. The summed E-state index contributed by atoms with van der Waals surface area (Å²) in [5.74, 6) is 0.384. The molecular weight excluding hydrogens is 432 g/mol. The zero-order chi connectivity index (χ0) is 22.7. The highest BCUT2D eigenvalue weighted by Crippen LogP contribution is 2.29. The monoisotopic (exact) mass is 458 g/mol. The van der Waals surface area contributed by atoms with Crippen LogP contribution in [0.4, 0.5) is 0 Å². The first-order valence-electron chi connectivity index (χ1n) is 10.3. The summed E-state index contributed by atoms with van der Waals surface area (Å²) in [5.41, 5.74) is 5.83. The Morgan fingerprint density at radius 1 is 1.28 bits per heavy atom. The van der Waals surface area contributed by atoms with Gasteiger partial charge in [-0.2, -0.15) is 17.9 Å². The Kier molecular flexibility index (Phi) is 6.45. The second-order valence-corrected chi connectivity index (χ2v) is 9.31. The van der Waals surface area contributed by atoms with Gasteiger partial charge in [0, 0.05) is 25.2 Å². The molecule has 2 heterocycles. The molecule has 2 aliphatic heterocycles. The minimum absolute atomic E-state index is 0.0419. The number of hydrogen-bond acceptors (Lipinski definition) is 8. The van der Waals surface area contributed by atoms with Gasteiger partial charge in [-0.1, -0.05) is 11.6 Å². The number of ether oxygens (including phenoxy) is 2. The number of benzene rings is 2. The minimum Gasteiger partial charge on any atom is -0.504 e. The van der Waals surface area contributed by atoms with E-state index >= 15 is 0 Å². The number of aromatic hydroxyl groups is 1. The van der Waals surface area contributed by atoms with Gasteiger partial charge in [0.05, 0.1) is 37.1 Å². The normalized spacial score (nSPS) is 18.9. The third-order valence-electron chi connectivity index (χ3n) is 5.43. The van der Waals surface area contributed by atoms with E-state index in [1.165, 1.54) is 13.2 Å². The first-order chi connectivity index (χ1) is 15.4. The van der Waals surface area contributed by atoms with Gasteiger partial charge in [0.1, 0.15) is 6.04 Å². The predicted molar refractivity (Wildman–Crippen MR) is 121 cm³/mol. The molecule has 0 aliphatic carbocycles. The molecule has 0 saturated carbocycles. The fourth-order valence-electron chi connectivity index (χ4n) is 3.75. The van der Waals surface area contributed by atoms with E-state index in [2.05, 4.69) is 19.8 Å². The number of nitrogens with zero attached hydrogens (tertiary/aromatic N) is 3. The number of phenols is 1. The summed E-state index contributed by atoms with van der Waals surface area (Å²) >= 11 is 0. The van der Waals surface area contributed by atoms with Crippen molar-refractivity contribution in [2.45, 2.75) is 17.9 Å². The molecule has 2 aliphatic rings. The lowest BCUT2D eigenvalue weighted by atomic mass is 10.0. The highest BCUT2D eigenvalue weighted by molar-refractivity contribution is 7.90. The molecule has 0 spiro atoms. The summed E-state index contributed by atoms with van der Waals surface area (Å²) in [5, 5.41) is 14.1. The lowest BCUT2D eigenvalue weighted by Gasteiger charge is -2.30. The van der Waals surface area contributed by atoms with Crippen molar-refractivity contribution in [3.05, 3.63) is 53.1 Å². The molecule has 9 nitrogen and oxygen atoms in total. The van der Waals surface area contributed by atoms with Gasteiger partial charge in [-0.3, -0.25) is 10.3 Å². The quantitative estimate of drug-likeness (QED) is 0.478. The summed E-state index contributed by atoms with van der Waals surface area (Å²) in [6.07, 6.45) is 1.59. The Hall–Kier alpha value is -2.95. The van der Waals surface area contributed by atoms with E-state index in [1.54, 1.807) is 30.5 Å². The van der Waals surface area contributed by atoms with E-state index in [4.69, 9.17) is 9.47 Å². The second kappa shape index (κ2) is 9.27. The van der Waals surface area contributed by atoms with Gasteiger partial charge in [0.2, 0.25) is 0 Å². The van der Waals surface area contributed by atoms with Crippen LogP contribution in [-0.2, 0) is 14.8 Å². The number of methoxy groups -OCH3 is 1. The number of hydrogen-bond donors (Lipinski definition) is 2. The molecule has 0 radical (unpaired) electrons. The number of phenolic OH excluding ortho intramolecular Hbond substituents is 1. The number of sulfonamides is 1. The van der Waals surface area contributed by atoms with Crippen LogP contribution in [0.25, 0.3) is 0 Å². The summed E-state index contributed by atoms with van der Waals surface area (Å²) in [6.45, 7) is 5.20. The van der Waals surface area contributed by atoms with E-state index in [0.29, 0.717) is 36.8 Å². The molecule has 2 N–H and O–H groups in total. The summed E-state index contributed by atoms with van der Waals surface area (Å²) in [4.78, 5) is 2.42. The number of fused-ring (bicyclic) bond motifs is 1. The molecule has 1 atom stereocenters. The fraction of sp³-hybridized carbons (Fsp3) is 0.364. The second-order valence-electron chi connectivity index (χ2n) is 7.74. The SMILES string of the molecule is COc1cc(/C=N/NC(CN2CCOCC2)C2=NS(=O)(=O)c3ccc(C)cc32)ccc1O. The van der Waals surface area contributed by atoms with Crippen molar-refractivity contribution in [1.82, 2.24) is 10.3 Å². The Bertz CT molecular complexity index is 1160. The maximum atomic E-state index is 12.6. The lowest BCUT2D eigenvalue weighted by molar-refractivity contribution is 0.0364. The molecule has 1 unspecified atom stereocenters. The Morgan fingerprint density at radius 2 is 2.06 bits per heavy atom. The van der Waals surface area contributed by atoms with E-state index in [-0.39, 0.29) is 10.6 Å². The number of nitrogens with one attached hydrogen (secondary N) is 1. The molecule has 1 saturated heterocycles. The summed E-state index contributed by atoms with van der Waals surface area (Å²) in [6, 6.07) is 9.67. The Balaban J connectivity index is 1.62. The van der Waals surface area contributed by atoms with Gasteiger partial charge in [-0.25, -0.2) is 0 Å². The van der Waals surface area contributed by atoms with E-state index < -0.39 is 16.1 Å². The molecular formula is C22H26N4O5S. The molecule has 0 amide bonds. The number of aryl methyl sites for hydroxylation is 1. The highest BCUT2D eigenvalue weighted by Gasteiger charge is 2.34. The molecule has 0 aromatic heterocycles. The van der Waals surface area contributed by atoms with Crippen molar-refractivity contribution in [1.29, 1.82) is 0 Å². The third kappa shape index (κ3) is 4.77. The van der Waals surface area contributed by atoms with Gasteiger partial charge >= 0.3 is 0 Å². The lowest BCUT2D eigenvalue weighted by Crippen LogP contribution is -2.48. The van der Waals surface area contributed by atoms with E-state index in [0.717, 1.165) is 24.2 Å². The topological polar surface area (TPSA) is 113 Å². The molecule has 4 rings (SSSR count). The smallest absolute Gasteiger partial charge is 0.283 e. The highest BCUT2D eigenvalue weighted by atomic mass is 32.2. The van der Waals surface area contributed by atoms with Crippen molar-refractivity contribution >= 4 is 21.9 Å². The van der Waals surface area contributed by atoms with Crippen molar-refractivity contribution in [3.63, 3.8) is 0 Å². The van der Waals surface area contributed by atoms with Crippen LogP contribution in [-0.4, -0.2) is 76.4 Å². The first kappa shape index (κ1) is 22.3. The van der Waals surface area contributed by atoms with Crippen LogP contribution in [0.3, 0.4) is 0 Å². The number of rotatable bonds is 7. The fourth-order valence-corrected chi connectivity index (χ4v) is 5.02. The van der Waals surface area contributed by atoms with Gasteiger partial charge in [0.25, 0.3) is 10.0 Å². The molecule has 2 aromatic carbocycles. The predicted octanol–water partition coefficient (Wildman–Crippen LogP) is 1.53. The van der Waals surface area contributed by atoms with Crippen LogP contribution in [0.5, 0.6) is 11.5 Å². The maximum absolute atomic E-state index is 12.6. The molecule has 10 heteroatoms. The van der Waals surface area contributed by atoms with E-state index in [1.807, 2.05) is 13.0 Å². The van der Waals surface area contributed by atoms with Gasteiger partial charge in [-0.15, -0.1) is 0 Å². The van der Waals surface area contributed by atoms with Crippen LogP contribution in [0.1, 0.15) is 16.7 Å². The zero-order valence-corrected chi connectivity index (χ0v) is 18.8. The van der Waals surface area contributed by atoms with Gasteiger partial charge in [0.15, 0.2) is 11.5 Å². The zero-order valence-electron chi connectivity index (χ0n) is 18.0. The van der Waals surface area contributed by atoms with Crippen LogP contribution in [0.2, 0.25) is 0 Å². The molecule has 170 valence electrons. The first-order valence-corrected chi connectivity index (χ1v) is 11.7. The number of hydrazone groups is 1. The molecule has 32 heavy (non-hydrogen) atoms. The third-order valence-corrected chi connectivity index (χ3v) is 6.78. The van der Waals surface area contributed by atoms with Crippen LogP contribution >= 0.6 is 0 Å². The van der Waals surface area contributed by atoms with Crippen LogP contribution in [0, 0.1) is 6.92 Å². The van der Waals surface area contributed by atoms with Crippen LogP contribution < -0.4 is 10.2 Å². The average molecular weight is 459 g/mol. The van der Waals surface area contributed by atoms with Crippen molar-refractivity contribution in [2.75, 3.05) is 40.0 Å². The molecule has 2 aromatic rings. The maximum Gasteiger partial charge on any atom is 0.283 e. The number of morpholine rings is 1. The van der Waals surface area contributed by atoms with E-state index in [9.17, 15) is 13.5 Å². The summed E-state index contributed by atoms with van der Waals surface area (Å²) < 4.78 is 40.0.